The summed E-state index contributed by atoms with van der Waals surface area (Å²) in [7, 11) is 4.14. The quantitative estimate of drug-likeness (QED) is 0.740. The summed E-state index contributed by atoms with van der Waals surface area (Å²) in [6.07, 6.45) is 0. The number of benzene rings is 1. The summed E-state index contributed by atoms with van der Waals surface area (Å²) in [6, 6.07) is 6.61. The molecule has 5 heteroatoms. The summed E-state index contributed by atoms with van der Waals surface area (Å²) in [6.45, 7) is 0.196. The van der Waals surface area contributed by atoms with Gasteiger partial charge in [0.2, 0.25) is 0 Å². The number of hydrogen-bond donors (Lipinski definition) is 2. The molecule has 0 spiro atoms. The van der Waals surface area contributed by atoms with Crippen molar-refractivity contribution in [1.29, 1.82) is 0 Å². The first-order valence-corrected chi connectivity index (χ1v) is 4.65. The van der Waals surface area contributed by atoms with Crippen LogP contribution in [0.5, 0.6) is 5.75 Å². The summed E-state index contributed by atoms with van der Waals surface area (Å²) in [5, 5.41) is 16.1. The molecule has 1 aromatic carbocycles. The first-order chi connectivity index (χ1) is 7.63. The first-order valence-electron chi connectivity index (χ1n) is 4.65. The van der Waals surface area contributed by atoms with Crippen LogP contribution in [0.25, 0.3) is 0 Å². The molecule has 5 nitrogen and oxygen atoms in total. The molecule has 0 fully saturated rings. The van der Waals surface area contributed by atoms with Crippen LogP contribution in [-0.4, -0.2) is 44.0 Å². The van der Waals surface area contributed by atoms with Crippen LogP contribution in [0.15, 0.2) is 24.3 Å². The predicted molar refractivity (Wildman–Crippen MR) is 61.5 cm³/mol. The minimum Gasteiger partial charge on any atom is -0.508 e. The fraction of sp³-hybridized carbons (Fsp3) is 0.364. The fourth-order valence-corrected chi connectivity index (χ4v) is 1.06. The lowest BCUT2D eigenvalue weighted by Crippen LogP contribution is -2.26. The second-order valence-corrected chi connectivity index (χ2v) is 2.95. The van der Waals surface area contributed by atoms with Crippen LogP contribution < -0.4 is 4.90 Å². The Hall–Kier alpha value is -1.75. The summed E-state index contributed by atoms with van der Waals surface area (Å²) < 4.78 is 4.54. The Kier molecular flexibility index (Phi) is 6.71. The number of ether oxygens (including phenoxy) is 1. The van der Waals surface area contributed by atoms with Gasteiger partial charge < -0.3 is 19.8 Å². The first kappa shape index (κ1) is 14.2. The number of methoxy groups -OCH3 is 1. The number of aliphatic hydroxyl groups excluding tert-OH is 1. The highest BCUT2D eigenvalue weighted by Crippen LogP contribution is 2.16. The van der Waals surface area contributed by atoms with Crippen molar-refractivity contribution < 1.29 is 19.7 Å². The van der Waals surface area contributed by atoms with Crippen molar-refractivity contribution in [2.24, 2.45) is 0 Å². The van der Waals surface area contributed by atoms with Gasteiger partial charge in [0.05, 0.1) is 7.11 Å². The maximum atomic E-state index is 10.9. The van der Waals surface area contributed by atoms with E-state index in [-0.39, 0.29) is 18.3 Å². The number of hydrogen-bond acceptors (Lipinski definition) is 5. The highest BCUT2D eigenvalue weighted by Gasteiger charge is 2.06. The minimum absolute atomic E-state index is 0.196. The van der Waals surface area contributed by atoms with Gasteiger partial charge in [0.15, 0.2) is 0 Å². The van der Waals surface area contributed by atoms with E-state index >= 15 is 0 Å². The van der Waals surface area contributed by atoms with E-state index < -0.39 is 0 Å². The maximum Gasteiger partial charge on any atom is 0.325 e. The zero-order valence-corrected chi connectivity index (χ0v) is 9.67. The van der Waals surface area contributed by atoms with Gasteiger partial charge in [-0.15, -0.1) is 0 Å². The van der Waals surface area contributed by atoms with Crippen LogP contribution in [-0.2, 0) is 9.53 Å². The van der Waals surface area contributed by atoms with Crippen LogP contribution in [0.3, 0.4) is 0 Å². The highest BCUT2D eigenvalue weighted by molar-refractivity contribution is 5.75. The van der Waals surface area contributed by atoms with Gasteiger partial charge in [-0.25, -0.2) is 0 Å². The van der Waals surface area contributed by atoms with Crippen molar-refractivity contribution in [2.45, 2.75) is 0 Å². The van der Waals surface area contributed by atoms with Crippen molar-refractivity contribution in [3.8, 4) is 5.75 Å². The van der Waals surface area contributed by atoms with E-state index in [4.69, 9.17) is 10.2 Å². The summed E-state index contributed by atoms with van der Waals surface area (Å²) in [4.78, 5) is 12.7. The van der Waals surface area contributed by atoms with Crippen molar-refractivity contribution in [2.75, 3.05) is 32.7 Å². The van der Waals surface area contributed by atoms with E-state index in [1.54, 1.807) is 36.2 Å². The van der Waals surface area contributed by atoms with Crippen molar-refractivity contribution in [3.05, 3.63) is 24.3 Å². The lowest BCUT2D eigenvalue weighted by Gasteiger charge is -2.17. The fourth-order valence-electron chi connectivity index (χ4n) is 1.06. The number of aliphatic hydroxyl groups is 1. The number of rotatable bonds is 3. The lowest BCUT2D eigenvalue weighted by atomic mass is 10.3. The maximum absolute atomic E-state index is 10.9. The van der Waals surface area contributed by atoms with Gasteiger partial charge in [0.1, 0.15) is 12.3 Å². The molecule has 2 N–H and O–H groups in total. The van der Waals surface area contributed by atoms with Crippen LogP contribution in [0.1, 0.15) is 0 Å². The topological polar surface area (TPSA) is 70.0 Å². The standard InChI is InChI=1S/C10H13NO3.CH4O/c1-11(7-10(13)14-2)8-3-5-9(12)6-4-8;1-2/h3-6,12H,7H2,1-2H3;2H,1H3. The number of nitrogens with zero attached hydrogens (tertiary/aromatic N) is 1. The van der Waals surface area contributed by atoms with Crippen LogP contribution in [0, 0.1) is 0 Å². The second kappa shape index (κ2) is 7.53. The number of esters is 1. The van der Waals surface area contributed by atoms with Gasteiger partial charge in [-0.1, -0.05) is 0 Å². The molecule has 0 atom stereocenters. The van der Waals surface area contributed by atoms with E-state index in [1.165, 1.54) is 7.11 Å². The highest BCUT2D eigenvalue weighted by atomic mass is 16.5. The molecule has 0 aliphatic heterocycles. The van der Waals surface area contributed by atoms with Gasteiger partial charge in [-0.05, 0) is 24.3 Å². The van der Waals surface area contributed by atoms with Crippen LogP contribution in [0.4, 0.5) is 5.69 Å². The van der Waals surface area contributed by atoms with E-state index in [9.17, 15) is 4.79 Å². The summed E-state index contributed by atoms with van der Waals surface area (Å²) in [5.41, 5.74) is 0.855. The van der Waals surface area contributed by atoms with E-state index in [0.29, 0.717) is 0 Å². The monoisotopic (exact) mass is 227 g/mol. The number of carbonyl (C=O) groups is 1. The zero-order valence-electron chi connectivity index (χ0n) is 9.67. The average molecular weight is 227 g/mol. The Morgan fingerprint density at radius 3 is 2.25 bits per heavy atom. The van der Waals surface area contributed by atoms with Gasteiger partial charge in [-0.2, -0.15) is 0 Å². The van der Waals surface area contributed by atoms with Crippen LogP contribution in [0.2, 0.25) is 0 Å². The van der Waals surface area contributed by atoms with Gasteiger partial charge >= 0.3 is 5.97 Å². The molecule has 90 valence electrons. The SMILES string of the molecule is CO.COC(=O)CN(C)c1ccc(O)cc1. The third-order valence-corrected chi connectivity index (χ3v) is 1.88. The molecule has 0 amide bonds. The average Bonchev–Trinajstić information content (AvgIpc) is 2.32. The van der Waals surface area contributed by atoms with Crippen LogP contribution >= 0.6 is 0 Å². The minimum atomic E-state index is -0.291. The number of anilines is 1. The normalized spacial score (nSPS) is 8.75. The van der Waals surface area contributed by atoms with Gasteiger partial charge in [0.25, 0.3) is 0 Å². The number of carbonyl (C=O) groups excluding carboxylic acids is 1. The molecule has 0 aromatic heterocycles. The van der Waals surface area contributed by atoms with E-state index in [2.05, 4.69) is 4.74 Å². The third kappa shape index (κ3) is 4.65. The number of phenolic OH excluding ortho intramolecular Hbond substituents is 1. The third-order valence-electron chi connectivity index (χ3n) is 1.88. The molecular formula is C11H17NO4. The molecule has 0 radical (unpaired) electrons. The molecule has 0 unspecified atom stereocenters. The molecule has 0 saturated carbocycles. The van der Waals surface area contributed by atoms with Gasteiger partial charge in [0, 0.05) is 19.8 Å². The lowest BCUT2D eigenvalue weighted by molar-refractivity contribution is -0.138. The molecule has 0 aliphatic carbocycles. The van der Waals surface area contributed by atoms with Crippen molar-refractivity contribution in [1.82, 2.24) is 0 Å². The molecule has 0 bridgehead atoms. The molecule has 1 rings (SSSR count). The number of phenols is 1. The Balaban J connectivity index is 0.00000106. The Bertz CT molecular complexity index is 310. The smallest absolute Gasteiger partial charge is 0.325 e. The summed E-state index contributed by atoms with van der Waals surface area (Å²) in [5.74, 6) is -0.0826. The molecule has 1 aromatic rings. The van der Waals surface area contributed by atoms with Crippen molar-refractivity contribution >= 4 is 11.7 Å². The predicted octanol–water partition coefficient (Wildman–Crippen LogP) is 0.610. The van der Waals surface area contributed by atoms with Gasteiger partial charge in [-0.3, -0.25) is 4.79 Å². The second-order valence-electron chi connectivity index (χ2n) is 2.95. The molecular weight excluding hydrogens is 210 g/mol. The Morgan fingerprint density at radius 2 is 1.81 bits per heavy atom. The molecule has 0 aliphatic rings. The molecule has 16 heavy (non-hydrogen) atoms. The Morgan fingerprint density at radius 1 is 1.31 bits per heavy atom. The number of likely N-dealkylation sites (N-methyl/N-ethyl adjacent to an activating group) is 1. The zero-order chi connectivity index (χ0) is 12.6. The van der Waals surface area contributed by atoms with Crippen molar-refractivity contribution in [3.63, 3.8) is 0 Å². The number of aromatic hydroxyl groups is 1. The largest absolute Gasteiger partial charge is 0.508 e. The molecule has 0 saturated heterocycles. The summed E-state index contributed by atoms with van der Waals surface area (Å²) >= 11 is 0. The Labute approximate surface area is 94.9 Å². The van der Waals surface area contributed by atoms with E-state index in [0.717, 1.165) is 12.8 Å². The van der Waals surface area contributed by atoms with E-state index in [1.807, 2.05) is 0 Å². The molecule has 0 heterocycles.